The first-order valence-corrected chi connectivity index (χ1v) is 5.11. The Morgan fingerprint density at radius 1 is 1.53 bits per heavy atom. The van der Waals surface area contributed by atoms with Crippen molar-refractivity contribution >= 4 is 5.91 Å². The van der Waals surface area contributed by atoms with Crippen molar-refractivity contribution in [1.29, 1.82) is 0 Å². The molecule has 6 nitrogen and oxygen atoms in total. The highest BCUT2D eigenvalue weighted by Crippen LogP contribution is 2.16. The highest BCUT2D eigenvalue weighted by atomic mass is 16.5. The molecule has 0 aliphatic heterocycles. The van der Waals surface area contributed by atoms with Crippen LogP contribution >= 0.6 is 0 Å². The molecule has 1 rings (SSSR count). The molecular formula is C11H14N4O2. The number of hydrogen-bond acceptors (Lipinski definition) is 3. The van der Waals surface area contributed by atoms with Gasteiger partial charge in [0.15, 0.2) is 0 Å². The summed E-state index contributed by atoms with van der Waals surface area (Å²) in [4.78, 5) is 13.8. The van der Waals surface area contributed by atoms with Gasteiger partial charge in [-0.25, -0.2) is 0 Å². The lowest BCUT2D eigenvalue weighted by atomic mass is 10.1. The van der Waals surface area contributed by atoms with Gasteiger partial charge in [-0.3, -0.25) is 4.79 Å². The van der Waals surface area contributed by atoms with Crippen molar-refractivity contribution in [3.63, 3.8) is 0 Å². The van der Waals surface area contributed by atoms with Crippen molar-refractivity contribution in [2.45, 2.75) is 13.0 Å². The summed E-state index contributed by atoms with van der Waals surface area (Å²) >= 11 is 0. The summed E-state index contributed by atoms with van der Waals surface area (Å²) in [6, 6.07) is 7.26. The molecule has 1 N–H and O–H groups in total. The third kappa shape index (κ3) is 4.04. The van der Waals surface area contributed by atoms with E-state index in [0.29, 0.717) is 0 Å². The molecule has 0 aliphatic carbocycles. The lowest BCUT2D eigenvalue weighted by Crippen LogP contribution is -2.28. The number of nitrogens with zero attached hydrogens (tertiary/aromatic N) is 3. The fourth-order valence-corrected chi connectivity index (χ4v) is 1.36. The largest absolute Gasteiger partial charge is 0.497 e. The van der Waals surface area contributed by atoms with Crippen molar-refractivity contribution in [1.82, 2.24) is 5.32 Å². The number of azide groups is 1. The van der Waals surface area contributed by atoms with Gasteiger partial charge >= 0.3 is 0 Å². The van der Waals surface area contributed by atoms with Crippen LogP contribution in [0, 0.1) is 0 Å². The zero-order valence-corrected chi connectivity index (χ0v) is 9.75. The highest BCUT2D eigenvalue weighted by molar-refractivity contribution is 5.78. The fraction of sp³-hybridized carbons (Fsp3) is 0.364. The standard InChI is InChI=1S/C11H14N4O2/c1-8(14-11(16)7-13-15-12)9-3-5-10(17-2)6-4-9/h3-6,8H,7H2,1-2H3,(H,14,16)/t8-/m1/s1. The summed E-state index contributed by atoms with van der Waals surface area (Å²) in [5.74, 6) is 0.465. The average molecular weight is 234 g/mol. The van der Waals surface area contributed by atoms with Gasteiger partial charge in [-0.15, -0.1) is 0 Å². The molecule has 0 saturated heterocycles. The maximum Gasteiger partial charge on any atom is 0.226 e. The Bertz CT molecular complexity index is 424. The van der Waals surface area contributed by atoms with Crippen molar-refractivity contribution in [3.05, 3.63) is 40.3 Å². The Labute approximate surface area is 99.2 Å². The van der Waals surface area contributed by atoms with E-state index in [9.17, 15) is 4.79 Å². The predicted octanol–water partition coefficient (Wildman–Crippen LogP) is 2.18. The van der Waals surface area contributed by atoms with Crippen LogP contribution in [0.15, 0.2) is 29.4 Å². The van der Waals surface area contributed by atoms with Gasteiger partial charge in [-0.05, 0) is 30.2 Å². The van der Waals surface area contributed by atoms with Gasteiger partial charge in [-0.1, -0.05) is 17.2 Å². The normalized spacial score (nSPS) is 11.2. The number of methoxy groups -OCH3 is 1. The van der Waals surface area contributed by atoms with Gasteiger partial charge in [0.2, 0.25) is 5.91 Å². The zero-order chi connectivity index (χ0) is 12.7. The van der Waals surface area contributed by atoms with Crippen molar-refractivity contribution in [2.75, 3.05) is 13.7 Å². The number of hydrogen-bond donors (Lipinski definition) is 1. The Morgan fingerprint density at radius 3 is 2.71 bits per heavy atom. The van der Waals surface area contributed by atoms with Crippen LogP contribution < -0.4 is 10.1 Å². The van der Waals surface area contributed by atoms with E-state index in [1.807, 2.05) is 31.2 Å². The van der Waals surface area contributed by atoms with E-state index >= 15 is 0 Å². The minimum Gasteiger partial charge on any atom is -0.497 e. The molecule has 1 amide bonds. The van der Waals surface area contributed by atoms with Gasteiger partial charge < -0.3 is 10.1 Å². The van der Waals surface area contributed by atoms with Gasteiger partial charge in [0.25, 0.3) is 0 Å². The second kappa shape index (κ2) is 6.40. The van der Waals surface area contributed by atoms with Crippen molar-refractivity contribution in [2.24, 2.45) is 5.11 Å². The number of benzene rings is 1. The second-order valence-corrected chi connectivity index (χ2v) is 3.45. The number of rotatable bonds is 5. The van der Waals surface area contributed by atoms with Gasteiger partial charge in [-0.2, -0.15) is 0 Å². The SMILES string of the molecule is COc1ccc([C@@H](C)NC(=O)CN=[N+]=[N-])cc1. The van der Waals surface area contributed by atoms with Crippen LogP contribution in [0.3, 0.4) is 0 Å². The number of carbonyl (C=O) groups is 1. The Kier molecular flexibility index (Phi) is 4.84. The third-order valence-corrected chi connectivity index (χ3v) is 2.27. The van der Waals surface area contributed by atoms with E-state index in [0.717, 1.165) is 11.3 Å². The first-order chi connectivity index (χ1) is 8.17. The zero-order valence-electron chi connectivity index (χ0n) is 9.75. The molecule has 17 heavy (non-hydrogen) atoms. The van der Waals surface area contributed by atoms with Crippen LogP contribution in [0.2, 0.25) is 0 Å². The molecule has 1 aromatic rings. The summed E-state index contributed by atoms with van der Waals surface area (Å²) in [5.41, 5.74) is 9.05. The average Bonchev–Trinajstić information content (AvgIpc) is 2.36. The molecule has 0 saturated carbocycles. The highest BCUT2D eigenvalue weighted by Gasteiger charge is 2.08. The van der Waals surface area contributed by atoms with Crippen LogP contribution in [-0.4, -0.2) is 19.6 Å². The predicted molar refractivity (Wildman–Crippen MR) is 63.6 cm³/mol. The maximum absolute atomic E-state index is 11.3. The van der Waals surface area contributed by atoms with Crippen molar-refractivity contribution < 1.29 is 9.53 Å². The number of nitrogens with one attached hydrogen (secondary N) is 1. The van der Waals surface area contributed by atoms with E-state index in [4.69, 9.17) is 10.3 Å². The van der Waals surface area contributed by atoms with Crippen LogP contribution in [0.25, 0.3) is 10.4 Å². The minimum atomic E-state index is -0.300. The molecule has 6 heteroatoms. The van der Waals surface area contributed by atoms with E-state index in [-0.39, 0.29) is 18.5 Å². The first-order valence-electron chi connectivity index (χ1n) is 5.11. The Morgan fingerprint density at radius 2 is 2.18 bits per heavy atom. The lowest BCUT2D eigenvalue weighted by molar-refractivity contribution is -0.120. The number of carbonyl (C=O) groups excluding carboxylic acids is 1. The van der Waals surface area contributed by atoms with E-state index in [2.05, 4.69) is 15.3 Å². The molecule has 0 aliphatic rings. The van der Waals surface area contributed by atoms with E-state index < -0.39 is 0 Å². The van der Waals surface area contributed by atoms with E-state index in [1.165, 1.54) is 0 Å². The van der Waals surface area contributed by atoms with Gasteiger partial charge in [0.1, 0.15) is 12.3 Å². The third-order valence-electron chi connectivity index (χ3n) is 2.27. The summed E-state index contributed by atoms with van der Waals surface area (Å²) < 4.78 is 5.04. The molecule has 0 heterocycles. The molecule has 90 valence electrons. The number of ether oxygens (including phenoxy) is 1. The van der Waals surface area contributed by atoms with Gasteiger partial charge in [0.05, 0.1) is 13.2 Å². The molecule has 0 bridgehead atoms. The summed E-state index contributed by atoms with van der Waals surface area (Å²) in [6.07, 6.45) is 0. The van der Waals surface area contributed by atoms with Crippen LogP contribution in [0.1, 0.15) is 18.5 Å². The summed E-state index contributed by atoms with van der Waals surface area (Å²) in [6.45, 7) is 1.67. The van der Waals surface area contributed by atoms with Gasteiger partial charge in [0, 0.05) is 4.91 Å². The molecule has 1 atom stereocenters. The molecule has 0 aromatic heterocycles. The first kappa shape index (κ1) is 12.9. The quantitative estimate of drug-likeness (QED) is 0.481. The van der Waals surface area contributed by atoms with E-state index in [1.54, 1.807) is 7.11 Å². The molecule has 0 radical (unpaired) electrons. The second-order valence-electron chi connectivity index (χ2n) is 3.45. The molecule has 0 fully saturated rings. The fourth-order valence-electron chi connectivity index (χ4n) is 1.36. The Hall–Kier alpha value is -2.20. The lowest BCUT2D eigenvalue weighted by Gasteiger charge is -2.13. The molecule has 0 spiro atoms. The van der Waals surface area contributed by atoms with Crippen LogP contribution in [0.5, 0.6) is 5.75 Å². The number of amides is 1. The van der Waals surface area contributed by atoms with Crippen LogP contribution in [-0.2, 0) is 4.79 Å². The molecular weight excluding hydrogens is 220 g/mol. The van der Waals surface area contributed by atoms with Crippen molar-refractivity contribution in [3.8, 4) is 5.75 Å². The summed E-state index contributed by atoms with van der Waals surface area (Å²) in [5, 5.41) is 5.92. The monoisotopic (exact) mass is 234 g/mol. The maximum atomic E-state index is 11.3. The smallest absolute Gasteiger partial charge is 0.226 e. The Balaban J connectivity index is 2.59. The van der Waals surface area contributed by atoms with Crippen LogP contribution in [0.4, 0.5) is 0 Å². The topological polar surface area (TPSA) is 87.1 Å². The molecule has 0 unspecified atom stereocenters. The minimum absolute atomic E-state index is 0.137. The molecule has 1 aromatic carbocycles. The summed E-state index contributed by atoms with van der Waals surface area (Å²) in [7, 11) is 1.60.